The highest BCUT2D eigenvalue weighted by atomic mass is 16.5. The SMILES string of the molecule is CC(C)(C)CNc1ccccc1N1CCOCC1. The topological polar surface area (TPSA) is 24.5 Å². The van der Waals surface area contributed by atoms with Crippen LogP contribution in [0, 0.1) is 5.41 Å². The smallest absolute Gasteiger partial charge is 0.0642 e. The lowest BCUT2D eigenvalue weighted by Crippen LogP contribution is -2.36. The van der Waals surface area contributed by atoms with E-state index in [0.29, 0.717) is 0 Å². The molecule has 0 spiro atoms. The van der Waals surface area contributed by atoms with Crippen LogP contribution in [0.5, 0.6) is 0 Å². The summed E-state index contributed by atoms with van der Waals surface area (Å²) in [6.07, 6.45) is 0. The molecule has 1 aromatic rings. The predicted octanol–water partition coefficient (Wildman–Crippen LogP) is 2.98. The Hall–Kier alpha value is -1.22. The Balaban J connectivity index is 2.09. The Kier molecular flexibility index (Phi) is 4.12. The predicted molar refractivity (Wildman–Crippen MR) is 77.4 cm³/mol. The third kappa shape index (κ3) is 3.64. The van der Waals surface area contributed by atoms with E-state index in [4.69, 9.17) is 4.74 Å². The number of hydrogen-bond acceptors (Lipinski definition) is 3. The molecule has 0 unspecified atom stereocenters. The Morgan fingerprint density at radius 3 is 2.50 bits per heavy atom. The van der Waals surface area contributed by atoms with E-state index in [1.54, 1.807) is 0 Å². The number of ether oxygens (including phenoxy) is 1. The van der Waals surface area contributed by atoms with Crippen molar-refractivity contribution >= 4 is 11.4 Å². The third-order valence-corrected chi connectivity index (χ3v) is 3.06. The molecule has 1 fully saturated rings. The highest BCUT2D eigenvalue weighted by Crippen LogP contribution is 2.27. The summed E-state index contributed by atoms with van der Waals surface area (Å²) in [6.45, 7) is 11.3. The molecule has 100 valence electrons. The number of morpholine rings is 1. The molecule has 2 rings (SSSR count). The number of nitrogens with one attached hydrogen (secondary N) is 1. The molecule has 1 aliphatic rings. The van der Waals surface area contributed by atoms with Crippen LogP contribution in [0.25, 0.3) is 0 Å². The fraction of sp³-hybridized carbons (Fsp3) is 0.600. The van der Waals surface area contributed by atoms with Crippen LogP contribution >= 0.6 is 0 Å². The van der Waals surface area contributed by atoms with Crippen LogP contribution < -0.4 is 10.2 Å². The van der Waals surface area contributed by atoms with E-state index >= 15 is 0 Å². The zero-order chi connectivity index (χ0) is 13.0. The monoisotopic (exact) mass is 248 g/mol. The molecule has 18 heavy (non-hydrogen) atoms. The summed E-state index contributed by atoms with van der Waals surface area (Å²) in [5.41, 5.74) is 2.82. The van der Waals surface area contributed by atoms with E-state index in [9.17, 15) is 0 Å². The molecule has 0 atom stereocenters. The summed E-state index contributed by atoms with van der Waals surface area (Å²) >= 11 is 0. The van der Waals surface area contributed by atoms with Gasteiger partial charge in [-0.2, -0.15) is 0 Å². The van der Waals surface area contributed by atoms with Crippen molar-refractivity contribution in [3.63, 3.8) is 0 Å². The van der Waals surface area contributed by atoms with Gasteiger partial charge in [0.2, 0.25) is 0 Å². The molecule has 0 aliphatic carbocycles. The van der Waals surface area contributed by atoms with Crippen LogP contribution in [0.1, 0.15) is 20.8 Å². The summed E-state index contributed by atoms with van der Waals surface area (Å²) in [5, 5.41) is 3.57. The van der Waals surface area contributed by atoms with Crippen molar-refractivity contribution in [3.05, 3.63) is 24.3 Å². The van der Waals surface area contributed by atoms with Gasteiger partial charge in [0.1, 0.15) is 0 Å². The van der Waals surface area contributed by atoms with E-state index in [2.05, 4.69) is 55.3 Å². The molecule has 3 heteroatoms. The molecule has 0 radical (unpaired) electrons. The van der Waals surface area contributed by atoms with Crippen LogP contribution in [-0.2, 0) is 4.74 Å². The van der Waals surface area contributed by atoms with Gasteiger partial charge in [-0.05, 0) is 17.5 Å². The van der Waals surface area contributed by atoms with Crippen molar-refractivity contribution < 1.29 is 4.74 Å². The third-order valence-electron chi connectivity index (χ3n) is 3.06. The molecule has 1 aromatic carbocycles. The Bertz CT molecular complexity index is 378. The second-order valence-electron chi connectivity index (χ2n) is 6.03. The van der Waals surface area contributed by atoms with Crippen LogP contribution in [0.4, 0.5) is 11.4 Å². The molecule has 0 amide bonds. The number of nitrogens with zero attached hydrogens (tertiary/aromatic N) is 1. The standard InChI is InChI=1S/C15H24N2O/c1-15(2,3)12-16-13-6-4-5-7-14(13)17-8-10-18-11-9-17/h4-7,16H,8-12H2,1-3H3. The maximum atomic E-state index is 5.41. The summed E-state index contributed by atoms with van der Waals surface area (Å²) in [6, 6.07) is 8.55. The Morgan fingerprint density at radius 1 is 1.17 bits per heavy atom. The molecule has 1 aliphatic heterocycles. The first-order chi connectivity index (χ1) is 8.56. The minimum atomic E-state index is 0.290. The zero-order valence-electron chi connectivity index (χ0n) is 11.7. The van der Waals surface area contributed by atoms with Crippen molar-refractivity contribution in [2.45, 2.75) is 20.8 Å². The van der Waals surface area contributed by atoms with Gasteiger partial charge < -0.3 is 15.0 Å². The molecular formula is C15H24N2O. The lowest BCUT2D eigenvalue weighted by Gasteiger charge is -2.31. The number of rotatable bonds is 3. The van der Waals surface area contributed by atoms with Gasteiger partial charge in [0.25, 0.3) is 0 Å². The first kappa shape index (κ1) is 13.2. The van der Waals surface area contributed by atoms with Gasteiger partial charge in [-0.1, -0.05) is 32.9 Å². The first-order valence-corrected chi connectivity index (χ1v) is 6.72. The van der Waals surface area contributed by atoms with Crippen LogP contribution in [0.15, 0.2) is 24.3 Å². The average Bonchev–Trinajstić information content (AvgIpc) is 2.37. The lowest BCUT2D eigenvalue weighted by atomic mass is 9.97. The van der Waals surface area contributed by atoms with E-state index < -0.39 is 0 Å². The lowest BCUT2D eigenvalue weighted by molar-refractivity contribution is 0.123. The van der Waals surface area contributed by atoms with Crippen molar-refractivity contribution in [1.29, 1.82) is 0 Å². The average molecular weight is 248 g/mol. The number of anilines is 2. The van der Waals surface area contributed by atoms with Crippen molar-refractivity contribution in [1.82, 2.24) is 0 Å². The molecule has 1 heterocycles. The molecule has 1 saturated heterocycles. The molecule has 0 saturated carbocycles. The Morgan fingerprint density at radius 2 is 1.83 bits per heavy atom. The van der Waals surface area contributed by atoms with Gasteiger partial charge in [0, 0.05) is 19.6 Å². The maximum absolute atomic E-state index is 5.41. The number of hydrogen-bond donors (Lipinski definition) is 1. The van der Waals surface area contributed by atoms with Crippen molar-refractivity contribution in [2.75, 3.05) is 43.1 Å². The highest BCUT2D eigenvalue weighted by Gasteiger charge is 2.16. The van der Waals surface area contributed by atoms with Crippen molar-refractivity contribution in [2.24, 2.45) is 5.41 Å². The van der Waals surface area contributed by atoms with Crippen LogP contribution in [0.3, 0.4) is 0 Å². The van der Waals surface area contributed by atoms with Gasteiger partial charge >= 0.3 is 0 Å². The number of para-hydroxylation sites is 2. The van der Waals surface area contributed by atoms with Gasteiger partial charge in [0.05, 0.1) is 24.6 Å². The second-order valence-corrected chi connectivity index (χ2v) is 6.03. The zero-order valence-corrected chi connectivity index (χ0v) is 11.7. The summed E-state index contributed by atoms with van der Waals surface area (Å²) in [4.78, 5) is 2.40. The molecule has 0 bridgehead atoms. The Labute approximate surface area is 110 Å². The van der Waals surface area contributed by atoms with Crippen molar-refractivity contribution in [3.8, 4) is 0 Å². The molecular weight excluding hydrogens is 224 g/mol. The molecule has 3 nitrogen and oxygen atoms in total. The second kappa shape index (κ2) is 5.61. The normalized spacial score (nSPS) is 16.7. The largest absolute Gasteiger partial charge is 0.383 e. The fourth-order valence-corrected chi connectivity index (χ4v) is 2.06. The van der Waals surface area contributed by atoms with Gasteiger partial charge in [-0.3, -0.25) is 0 Å². The summed E-state index contributed by atoms with van der Waals surface area (Å²) in [7, 11) is 0. The van der Waals surface area contributed by atoms with Gasteiger partial charge in [-0.25, -0.2) is 0 Å². The molecule has 0 aromatic heterocycles. The van der Waals surface area contributed by atoms with E-state index in [0.717, 1.165) is 32.8 Å². The van der Waals surface area contributed by atoms with Gasteiger partial charge in [-0.15, -0.1) is 0 Å². The quantitative estimate of drug-likeness (QED) is 0.890. The summed E-state index contributed by atoms with van der Waals surface area (Å²) in [5.74, 6) is 0. The first-order valence-electron chi connectivity index (χ1n) is 6.72. The molecule has 1 N–H and O–H groups in total. The number of benzene rings is 1. The van der Waals surface area contributed by atoms with Gasteiger partial charge in [0.15, 0.2) is 0 Å². The maximum Gasteiger partial charge on any atom is 0.0642 e. The minimum Gasteiger partial charge on any atom is -0.383 e. The summed E-state index contributed by atoms with van der Waals surface area (Å²) < 4.78 is 5.41. The minimum absolute atomic E-state index is 0.290. The van der Waals surface area contributed by atoms with E-state index in [1.165, 1.54) is 11.4 Å². The van der Waals surface area contributed by atoms with E-state index in [-0.39, 0.29) is 5.41 Å². The van der Waals surface area contributed by atoms with E-state index in [1.807, 2.05) is 0 Å². The fourth-order valence-electron chi connectivity index (χ4n) is 2.06. The van der Waals surface area contributed by atoms with Crippen LogP contribution in [-0.4, -0.2) is 32.8 Å². The van der Waals surface area contributed by atoms with Crippen LogP contribution in [0.2, 0.25) is 0 Å². The highest BCUT2D eigenvalue weighted by molar-refractivity contribution is 5.70.